The van der Waals surface area contributed by atoms with Crippen LogP contribution in [0.15, 0.2) is 0 Å². The summed E-state index contributed by atoms with van der Waals surface area (Å²) in [6, 6.07) is 0. The van der Waals surface area contributed by atoms with Crippen LogP contribution in [-0.2, 0) is 14.3 Å². The van der Waals surface area contributed by atoms with Gasteiger partial charge in [0.15, 0.2) is 0 Å². The number of unbranched alkanes of at least 4 members (excludes halogenated alkanes) is 1. The van der Waals surface area contributed by atoms with Crippen LogP contribution in [0.4, 0.5) is 0 Å². The molecule has 0 rings (SSSR count). The molecule has 0 aliphatic heterocycles. The lowest BCUT2D eigenvalue weighted by Crippen LogP contribution is -2.14. The average molecular weight is 202 g/mol. The molecule has 0 aromatic heterocycles. The molecular weight excluding hydrogens is 184 g/mol. The van der Waals surface area contributed by atoms with Gasteiger partial charge in [0.05, 0.1) is 12.5 Å². The summed E-state index contributed by atoms with van der Waals surface area (Å²) in [6.07, 6.45) is 2.09. The maximum absolute atomic E-state index is 11.1. The highest BCUT2D eigenvalue weighted by molar-refractivity contribution is 5.71. The summed E-state index contributed by atoms with van der Waals surface area (Å²) in [5.74, 6) is -1.06. The molecule has 1 N–H and O–H groups in total. The Balaban J connectivity index is 3.36. The number of carboxylic acids is 1. The molecule has 0 saturated carbocycles. The molecule has 0 fully saturated rings. The lowest BCUT2D eigenvalue weighted by atomic mass is 10.1. The number of carboxylic acid groups (broad SMARTS) is 1. The highest BCUT2D eigenvalue weighted by Gasteiger charge is 2.11. The van der Waals surface area contributed by atoms with Gasteiger partial charge in [-0.1, -0.05) is 13.8 Å². The van der Waals surface area contributed by atoms with Crippen molar-refractivity contribution in [2.24, 2.45) is 5.92 Å². The average Bonchev–Trinajstić information content (AvgIpc) is 2.15. The number of ether oxygens (including phenoxy) is 1. The Morgan fingerprint density at radius 2 is 2.00 bits per heavy atom. The number of carbonyl (C=O) groups excluding carboxylic acids is 1. The monoisotopic (exact) mass is 202 g/mol. The maximum atomic E-state index is 11.1. The van der Waals surface area contributed by atoms with Crippen molar-refractivity contribution in [1.29, 1.82) is 0 Å². The fourth-order valence-corrected chi connectivity index (χ4v) is 0.860. The zero-order chi connectivity index (χ0) is 11.0. The molecule has 4 heteroatoms. The summed E-state index contributed by atoms with van der Waals surface area (Å²) in [7, 11) is 0. The van der Waals surface area contributed by atoms with Crippen molar-refractivity contribution in [3.8, 4) is 0 Å². The topological polar surface area (TPSA) is 63.6 Å². The minimum atomic E-state index is -0.807. The zero-order valence-electron chi connectivity index (χ0n) is 8.78. The zero-order valence-corrected chi connectivity index (χ0v) is 8.78. The van der Waals surface area contributed by atoms with E-state index in [-0.39, 0.29) is 18.3 Å². The summed E-state index contributed by atoms with van der Waals surface area (Å²) >= 11 is 0. The first kappa shape index (κ1) is 12.9. The maximum Gasteiger partial charge on any atom is 0.308 e. The van der Waals surface area contributed by atoms with E-state index >= 15 is 0 Å². The number of aliphatic carboxylic acids is 1. The SMILES string of the molecule is CCC(C)C(=O)OCCCCC(=O)O. The van der Waals surface area contributed by atoms with Gasteiger partial charge in [-0.15, -0.1) is 0 Å². The lowest BCUT2D eigenvalue weighted by molar-refractivity contribution is -0.148. The second-order valence-corrected chi connectivity index (χ2v) is 3.33. The number of esters is 1. The van der Waals surface area contributed by atoms with E-state index in [0.717, 1.165) is 6.42 Å². The molecule has 0 heterocycles. The standard InChI is InChI=1S/C10H18O4/c1-3-8(2)10(13)14-7-5-4-6-9(11)12/h8H,3-7H2,1-2H3,(H,11,12). The Morgan fingerprint density at radius 3 is 2.50 bits per heavy atom. The van der Waals surface area contributed by atoms with Gasteiger partial charge in [-0.25, -0.2) is 0 Å². The lowest BCUT2D eigenvalue weighted by Gasteiger charge is -2.08. The van der Waals surface area contributed by atoms with Crippen LogP contribution < -0.4 is 0 Å². The summed E-state index contributed by atoms with van der Waals surface area (Å²) in [5.41, 5.74) is 0. The molecule has 0 spiro atoms. The molecule has 0 saturated heterocycles. The predicted molar refractivity (Wildman–Crippen MR) is 51.9 cm³/mol. The van der Waals surface area contributed by atoms with Crippen LogP contribution >= 0.6 is 0 Å². The van der Waals surface area contributed by atoms with Crippen molar-refractivity contribution in [3.63, 3.8) is 0 Å². The van der Waals surface area contributed by atoms with Crippen LogP contribution in [0, 0.1) is 5.92 Å². The molecular formula is C10H18O4. The van der Waals surface area contributed by atoms with Gasteiger partial charge in [0.2, 0.25) is 0 Å². The van der Waals surface area contributed by atoms with E-state index in [0.29, 0.717) is 19.4 Å². The smallest absolute Gasteiger partial charge is 0.308 e. The first-order valence-electron chi connectivity index (χ1n) is 4.96. The summed E-state index contributed by atoms with van der Waals surface area (Å²) < 4.78 is 4.94. The Hall–Kier alpha value is -1.06. The molecule has 0 aromatic carbocycles. The molecule has 0 aliphatic carbocycles. The van der Waals surface area contributed by atoms with Gasteiger partial charge in [-0.3, -0.25) is 9.59 Å². The largest absolute Gasteiger partial charge is 0.481 e. The third-order valence-electron chi connectivity index (χ3n) is 2.04. The van der Waals surface area contributed by atoms with Crippen LogP contribution in [0.5, 0.6) is 0 Å². The molecule has 0 aliphatic rings. The van der Waals surface area contributed by atoms with Crippen LogP contribution in [0.2, 0.25) is 0 Å². The van der Waals surface area contributed by atoms with Crippen LogP contribution in [0.25, 0.3) is 0 Å². The van der Waals surface area contributed by atoms with Crippen molar-refractivity contribution >= 4 is 11.9 Å². The van der Waals surface area contributed by atoms with Crippen molar-refractivity contribution in [3.05, 3.63) is 0 Å². The molecule has 1 unspecified atom stereocenters. The van der Waals surface area contributed by atoms with Crippen LogP contribution in [0.1, 0.15) is 39.5 Å². The molecule has 1 atom stereocenters. The second-order valence-electron chi connectivity index (χ2n) is 3.33. The van der Waals surface area contributed by atoms with E-state index in [1.54, 1.807) is 0 Å². The van der Waals surface area contributed by atoms with Gasteiger partial charge in [0.25, 0.3) is 0 Å². The van der Waals surface area contributed by atoms with E-state index < -0.39 is 5.97 Å². The minimum absolute atomic E-state index is 0.0607. The van der Waals surface area contributed by atoms with Crippen molar-refractivity contribution in [1.82, 2.24) is 0 Å². The minimum Gasteiger partial charge on any atom is -0.481 e. The Morgan fingerprint density at radius 1 is 1.36 bits per heavy atom. The fourth-order valence-electron chi connectivity index (χ4n) is 0.860. The Kier molecular flexibility index (Phi) is 6.80. The van der Waals surface area contributed by atoms with Crippen LogP contribution in [0.3, 0.4) is 0 Å². The normalized spacial score (nSPS) is 12.1. The van der Waals surface area contributed by atoms with Gasteiger partial charge in [0.1, 0.15) is 0 Å². The highest BCUT2D eigenvalue weighted by Crippen LogP contribution is 2.04. The van der Waals surface area contributed by atoms with Gasteiger partial charge in [0, 0.05) is 6.42 Å². The molecule has 14 heavy (non-hydrogen) atoms. The molecule has 0 radical (unpaired) electrons. The molecule has 4 nitrogen and oxygen atoms in total. The van der Waals surface area contributed by atoms with E-state index in [2.05, 4.69) is 0 Å². The van der Waals surface area contributed by atoms with Crippen molar-refractivity contribution in [2.45, 2.75) is 39.5 Å². The van der Waals surface area contributed by atoms with E-state index in [1.807, 2.05) is 13.8 Å². The van der Waals surface area contributed by atoms with Crippen LogP contribution in [-0.4, -0.2) is 23.7 Å². The highest BCUT2D eigenvalue weighted by atomic mass is 16.5. The summed E-state index contributed by atoms with van der Waals surface area (Å²) in [5, 5.41) is 8.34. The van der Waals surface area contributed by atoms with Gasteiger partial charge >= 0.3 is 11.9 Å². The number of hydrogen-bond acceptors (Lipinski definition) is 3. The first-order valence-corrected chi connectivity index (χ1v) is 4.96. The number of hydrogen-bond donors (Lipinski definition) is 1. The van der Waals surface area contributed by atoms with Gasteiger partial charge in [-0.05, 0) is 19.3 Å². The third kappa shape index (κ3) is 6.46. The van der Waals surface area contributed by atoms with Crippen molar-refractivity contribution < 1.29 is 19.4 Å². The predicted octanol–water partition coefficient (Wildman–Crippen LogP) is 1.83. The van der Waals surface area contributed by atoms with E-state index in [9.17, 15) is 9.59 Å². The summed E-state index contributed by atoms with van der Waals surface area (Å²) in [6.45, 7) is 4.08. The molecule has 0 aromatic rings. The second kappa shape index (κ2) is 7.35. The molecule has 0 bridgehead atoms. The first-order chi connectivity index (χ1) is 6.57. The number of carbonyl (C=O) groups is 2. The fraction of sp³-hybridized carbons (Fsp3) is 0.800. The van der Waals surface area contributed by atoms with E-state index in [1.165, 1.54) is 0 Å². The summed E-state index contributed by atoms with van der Waals surface area (Å²) in [4.78, 5) is 21.3. The molecule has 0 amide bonds. The van der Waals surface area contributed by atoms with Gasteiger partial charge < -0.3 is 9.84 Å². The van der Waals surface area contributed by atoms with Gasteiger partial charge in [-0.2, -0.15) is 0 Å². The van der Waals surface area contributed by atoms with E-state index in [4.69, 9.17) is 9.84 Å². The Labute approximate surface area is 84.3 Å². The number of rotatable bonds is 7. The molecule has 82 valence electrons. The Bertz CT molecular complexity index is 189. The third-order valence-corrected chi connectivity index (χ3v) is 2.04. The quantitative estimate of drug-likeness (QED) is 0.505. The van der Waals surface area contributed by atoms with Crippen molar-refractivity contribution in [2.75, 3.05) is 6.61 Å².